The van der Waals surface area contributed by atoms with E-state index in [1.807, 2.05) is 17.5 Å². The minimum absolute atomic E-state index is 0.113. The summed E-state index contributed by atoms with van der Waals surface area (Å²) in [5.41, 5.74) is -0.132. The van der Waals surface area contributed by atoms with Crippen LogP contribution in [0.1, 0.15) is 15.2 Å². The van der Waals surface area contributed by atoms with Gasteiger partial charge in [0.25, 0.3) is 5.91 Å². The van der Waals surface area contributed by atoms with E-state index in [9.17, 15) is 18.0 Å². The molecule has 2 N–H and O–H groups in total. The topological polar surface area (TPSA) is 116 Å². The van der Waals surface area contributed by atoms with Crippen molar-refractivity contribution in [2.75, 3.05) is 20.8 Å². The monoisotopic (exact) mass is 398 g/mol. The highest BCUT2D eigenvalue weighted by Gasteiger charge is 2.20. The van der Waals surface area contributed by atoms with Gasteiger partial charge in [-0.2, -0.15) is 0 Å². The van der Waals surface area contributed by atoms with Gasteiger partial charge in [-0.25, -0.2) is 18.4 Å². The number of nitrogens with two attached hydrogens (primary N) is 1. The first-order valence-corrected chi connectivity index (χ1v) is 9.79. The highest BCUT2D eigenvalue weighted by Crippen LogP contribution is 2.23. The Labute approximate surface area is 155 Å². The minimum atomic E-state index is -3.99. The Hall–Kier alpha value is -2.43. The molecule has 0 aliphatic heterocycles. The third-order valence-corrected chi connectivity index (χ3v) is 5.22. The average molecular weight is 398 g/mol. The standard InChI is InChI=1S/C16H18N2O6S2/c1-18(9-11-4-3-7-25-11)15(19)10-24-16(20)13-8-12(26(17,21)22)5-6-14(13)23-2/h3-8H,9-10H2,1-2H3,(H2,17,21,22). The van der Waals surface area contributed by atoms with Crippen LogP contribution in [0.15, 0.2) is 40.6 Å². The number of carbonyl (C=O) groups excluding carboxylic acids is 2. The normalized spacial score (nSPS) is 11.0. The second-order valence-corrected chi connectivity index (χ2v) is 7.91. The number of hydrogen-bond donors (Lipinski definition) is 1. The van der Waals surface area contributed by atoms with Gasteiger partial charge >= 0.3 is 5.97 Å². The Kier molecular flexibility index (Phi) is 6.35. The van der Waals surface area contributed by atoms with Gasteiger partial charge in [0.05, 0.1) is 18.6 Å². The van der Waals surface area contributed by atoms with Crippen LogP contribution in [0.4, 0.5) is 0 Å². The van der Waals surface area contributed by atoms with Crippen molar-refractivity contribution >= 4 is 33.2 Å². The number of amides is 1. The second kappa shape index (κ2) is 8.30. The van der Waals surface area contributed by atoms with E-state index < -0.39 is 28.5 Å². The number of methoxy groups -OCH3 is 1. The first-order chi connectivity index (χ1) is 12.2. The van der Waals surface area contributed by atoms with Crippen molar-refractivity contribution in [3.05, 3.63) is 46.2 Å². The van der Waals surface area contributed by atoms with Crippen LogP contribution in [-0.2, 0) is 26.1 Å². The molecule has 0 aliphatic carbocycles. The molecular formula is C16H18N2O6S2. The van der Waals surface area contributed by atoms with Crippen molar-refractivity contribution in [3.63, 3.8) is 0 Å². The SMILES string of the molecule is COc1ccc(S(N)(=O)=O)cc1C(=O)OCC(=O)N(C)Cc1cccs1. The number of nitrogens with zero attached hydrogens (tertiary/aromatic N) is 1. The van der Waals surface area contributed by atoms with Crippen LogP contribution in [-0.4, -0.2) is 46.0 Å². The molecule has 10 heteroatoms. The van der Waals surface area contributed by atoms with Gasteiger partial charge in [0.1, 0.15) is 11.3 Å². The Morgan fingerprint density at radius 2 is 2.00 bits per heavy atom. The molecule has 0 saturated carbocycles. The maximum Gasteiger partial charge on any atom is 0.342 e. The molecule has 0 radical (unpaired) electrons. The van der Waals surface area contributed by atoms with Gasteiger partial charge in [-0.1, -0.05) is 6.07 Å². The highest BCUT2D eigenvalue weighted by molar-refractivity contribution is 7.89. The minimum Gasteiger partial charge on any atom is -0.496 e. The predicted octanol–water partition coefficient (Wildman–Crippen LogP) is 1.22. The second-order valence-electron chi connectivity index (χ2n) is 5.31. The van der Waals surface area contributed by atoms with Gasteiger partial charge in [-0.05, 0) is 29.6 Å². The summed E-state index contributed by atoms with van der Waals surface area (Å²) in [5, 5.41) is 6.96. The smallest absolute Gasteiger partial charge is 0.342 e. The van der Waals surface area contributed by atoms with Gasteiger partial charge in [-0.15, -0.1) is 11.3 Å². The number of rotatable bonds is 7. The first-order valence-electron chi connectivity index (χ1n) is 7.36. The van der Waals surface area contributed by atoms with Crippen molar-refractivity contribution in [1.29, 1.82) is 0 Å². The first kappa shape index (κ1) is 19.9. The van der Waals surface area contributed by atoms with Crippen molar-refractivity contribution in [1.82, 2.24) is 4.90 Å². The maximum atomic E-state index is 12.2. The lowest BCUT2D eigenvalue weighted by Gasteiger charge is -2.16. The summed E-state index contributed by atoms with van der Waals surface area (Å²) in [6.07, 6.45) is 0. The number of sulfonamides is 1. The quantitative estimate of drug-likeness (QED) is 0.701. The number of esters is 1. The van der Waals surface area contributed by atoms with E-state index >= 15 is 0 Å². The molecule has 1 aromatic carbocycles. The Bertz CT molecular complexity index is 893. The van der Waals surface area contributed by atoms with Crippen LogP contribution in [0.5, 0.6) is 5.75 Å². The summed E-state index contributed by atoms with van der Waals surface area (Å²) in [5.74, 6) is -1.17. The lowest BCUT2D eigenvalue weighted by Crippen LogP contribution is -2.30. The zero-order valence-corrected chi connectivity index (χ0v) is 15.8. The van der Waals surface area contributed by atoms with E-state index in [1.54, 1.807) is 7.05 Å². The van der Waals surface area contributed by atoms with Crippen LogP contribution in [0, 0.1) is 0 Å². The Morgan fingerprint density at radius 3 is 2.58 bits per heavy atom. The third kappa shape index (κ3) is 5.04. The van der Waals surface area contributed by atoms with Gasteiger partial charge in [0.15, 0.2) is 6.61 Å². The molecular weight excluding hydrogens is 380 g/mol. The highest BCUT2D eigenvalue weighted by atomic mass is 32.2. The molecule has 1 aromatic heterocycles. The third-order valence-electron chi connectivity index (χ3n) is 3.44. The van der Waals surface area contributed by atoms with E-state index in [-0.39, 0.29) is 16.2 Å². The molecule has 0 fully saturated rings. The molecule has 26 heavy (non-hydrogen) atoms. The molecule has 2 rings (SSSR count). The van der Waals surface area contributed by atoms with Crippen LogP contribution >= 0.6 is 11.3 Å². The van der Waals surface area contributed by atoms with Crippen molar-refractivity contribution in [3.8, 4) is 5.75 Å². The molecule has 0 aliphatic rings. The number of likely N-dealkylation sites (N-methyl/N-ethyl adjacent to an activating group) is 1. The lowest BCUT2D eigenvalue weighted by molar-refractivity contribution is -0.133. The van der Waals surface area contributed by atoms with E-state index in [4.69, 9.17) is 14.6 Å². The maximum absolute atomic E-state index is 12.2. The summed E-state index contributed by atoms with van der Waals surface area (Å²) >= 11 is 1.51. The Balaban J connectivity index is 2.06. The molecule has 0 unspecified atom stereocenters. The fourth-order valence-electron chi connectivity index (χ4n) is 2.06. The zero-order chi connectivity index (χ0) is 19.3. The van der Waals surface area contributed by atoms with Crippen LogP contribution in [0.3, 0.4) is 0 Å². The van der Waals surface area contributed by atoms with Crippen LogP contribution in [0.25, 0.3) is 0 Å². The summed E-state index contributed by atoms with van der Waals surface area (Å²) < 4.78 is 32.9. The fraction of sp³-hybridized carbons (Fsp3) is 0.250. The number of thiophene rings is 1. The molecule has 1 heterocycles. The average Bonchev–Trinajstić information content (AvgIpc) is 3.10. The van der Waals surface area contributed by atoms with Gasteiger partial charge in [0, 0.05) is 11.9 Å². The number of primary sulfonamides is 1. The number of hydrogen-bond acceptors (Lipinski definition) is 7. The molecule has 8 nitrogen and oxygen atoms in total. The fourth-order valence-corrected chi connectivity index (χ4v) is 3.36. The lowest BCUT2D eigenvalue weighted by atomic mass is 10.2. The summed E-state index contributed by atoms with van der Waals surface area (Å²) in [7, 11) is -1.08. The van der Waals surface area contributed by atoms with Gasteiger partial charge in [-0.3, -0.25) is 4.79 Å². The van der Waals surface area contributed by atoms with E-state index in [0.717, 1.165) is 10.9 Å². The van der Waals surface area contributed by atoms with E-state index in [0.29, 0.717) is 6.54 Å². The molecule has 1 amide bonds. The summed E-state index contributed by atoms with van der Waals surface area (Å²) in [6.45, 7) is -0.0816. The number of benzene rings is 1. The zero-order valence-electron chi connectivity index (χ0n) is 14.2. The van der Waals surface area contributed by atoms with Crippen molar-refractivity contribution < 1.29 is 27.5 Å². The molecule has 2 aromatic rings. The molecule has 0 atom stereocenters. The Morgan fingerprint density at radius 1 is 1.27 bits per heavy atom. The largest absolute Gasteiger partial charge is 0.496 e. The van der Waals surface area contributed by atoms with E-state index in [1.165, 1.54) is 35.5 Å². The molecule has 0 spiro atoms. The predicted molar refractivity (Wildman–Crippen MR) is 95.4 cm³/mol. The van der Waals surface area contributed by atoms with Gasteiger partial charge < -0.3 is 14.4 Å². The number of ether oxygens (including phenoxy) is 2. The summed E-state index contributed by atoms with van der Waals surface area (Å²) in [6, 6.07) is 7.33. The van der Waals surface area contributed by atoms with Crippen molar-refractivity contribution in [2.24, 2.45) is 5.14 Å². The number of carbonyl (C=O) groups is 2. The van der Waals surface area contributed by atoms with Crippen LogP contribution in [0.2, 0.25) is 0 Å². The van der Waals surface area contributed by atoms with E-state index in [2.05, 4.69) is 0 Å². The molecule has 0 saturated heterocycles. The molecule has 140 valence electrons. The summed E-state index contributed by atoms with van der Waals surface area (Å²) in [4.78, 5) is 26.5. The van der Waals surface area contributed by atoms with Crippen LogP contribution < -0.4 is 9.88 Å². The van der Waals surface area contributed by atoms with Gasteiger partial charge in [0.2, 0.25) is 10.0 Å². The van der Waals surface area contributed by atoms with Crippen molar-refractivity contribution in [2.45, 2.75) is 11.4 Å². The molecule has 0 bridgehead atoms.